The van der Waals surface area contributed by atoms with E-state index in [1.54, 1.807) is 0 Å². The summed E-state index contributed by atoms with van der Waals surface area (Å²) in [6.07, 6.45) is 8.29. The van der Waals surface area contributed by atoms with Gasteiger partial charge in [-0.1, -0.05) is 38.2 Å². The maximum atomic E-state index is 5.65. The Kier molecular flexibility index (Phi) is 3.41. The van der Waals surface area contributed by atoms with Crippen LogP contribution in [0, 0.1) is 5.41 Å². The van der Waals surface area contributed by atoms with Crippen molar-refractivity contribution in [3.05, 3.63) is 36.1 Å². The quantitative estimate of drug-likeness (QED) is 0.429. The molecule has 0 saturated heterocycles. The van der Waals surface area contributed by atoms with Gasteiger partial charge in [-0.3, -0.25) is 4.99 Å². The second-order valence-corrected chi connectivity index (χ2v) is 4.50. The lowest BCUT2D eigenvalue weighted by Crippen LogP contribution is -2.50. The van der Waals surface area contributed by atoms with E-state index in [-0.39, 0.29) is 11.0 Å². The molecule has 2 atom stereocenters. The van der Waals surface area contributed by atoms with Crippen LogP contribution in [-0.4, -0.2) is 12.3 Å². The van der Waals surface area contributed by atoms with E-state index in [9.17, 15) is 0 Å². The molecule has 1 aliphatic carbocycles. The Labute approximate surface area is 98.6 Å². The highest BCUT2D eigenvalue weighted by atomic mass is 14.9. The molecule has 0 amide bonds. The van der Waals surface area contributed by atoms with Gasteiger partial charge in [0, 0.05) is 11.1 Å². The van der Waals surface area contributed by atoms with E-state index in [1.807, 2.05) is 6.08 Å². The molecule has 2 nitrogen and oxygen atoms in total. The third kappa shape index (κ3) is 1.53. The van der Waals surface area contributed by atoms with Gasteiger partial charge in [0.1, 0.15) is 0 Å². The van der Waals surface area contributed by atoms with Gasteiger partial charge in [0.2, 0.25) is 0 Å². The van der Waals surface area contributed by atoms with Crippen molar-refractivity contribution >= 4 is 6.72 Å². The van der Waals surface area contributed by atoms with Gasteiger partial charge in [-0.15, -0.1) is 0 Å². The topological polar surface area (TPSA) is 38.4 Å². The van der Waals surface area contributed by atoms with Crippen LogP contribution < -0.4 is 5.73 Å². The average Bonchev–Trinajstić information content (AvgIpc) is 2.19. The lowest BCUT2D eigenvalue weighted by molar-refractivity contribution is 0.224. The number of aliphatic imine (C=N–C) groups is 1. The highest BCUT2D eigenvalue weighted by Gasteiger charge is 2.52. The maximum Gasteiger partial charge on any atom is 0.0905 e. The Morgan fingerprint density at radius 3 is 2.25 bits per heavy atom. The van der Waals surface area contributed by atoms with Crippen LogP contribution in [0.25, 0.3) is 0 Å². The predicted octanol–water partition coefficient (Wildman–Crippen LogP) is 3.22. The van der Waals surface area contributed by atoms with E-state index in [2.05, 4.69) is 51.2 Å². The van der Waals surface area contributed by atoms with Crippen LogP contribution >= 0.6 is 0 Å². The van der Waals surface area contributed by atoms with Crippen molar-refractivity contribution in [3.8, 4) is 0 Å². The summed E-state index contributed by atoms with van der Waals surface area (Å²) in [6.45, 7) is 13.9. The Morgan fingerprint density at radius 1 is 1.38 bits per heavy atom. The SMILES string of the molecule is C=NC1(CC)C=CC1(CC)/C(C)=C/C(=C)N. The van der Waals surface area contributed by atoms with Gasteiger partial charge in [0.25, 0.3) is 0 Å². The van der Waals surface area contributed by atoms with E-state index in [1.165, 1.54) is 5.57 Å². The maximum absolute atomic E-state index is 5.65. The predicted molar refractivity (Wildman–Crippen MR) is 71.5 cm³/mol. The molecule has 0 aromatic carbocycles. The number of allylic oxidation sites excluding steroid dienone is 1. The first-order chi connectivity index (χ1) is 7.48. The summed E-state index contributed by atoms with van der Waals surface area (Å²) in [6, 6.07) is 0. The molecule has 2 heteroatoms. The molecule has 0 spiro atoms. The molecule has 0 radical (unpaired) electrons. The van der Waals surface area contributed by atoms with Crippen LogP contribution in [0.1, 0.15) is 33.6 Å². The number of rotatable bonds is 5. The molecular formula is C14H22N2. The van der Waals surface area contributed by atoms with Gasteiger partial charge in [-0.25, -0.2) is 0 Å². The Balaban J connectivity index is 3.20. The Hall–Kier alpha value is -1.31. The Bertz CT molecular complexity index is 365. The first-order valence-corrected chi connectivity index (χ1v) is 5.79. The molecule has 2 unspecified atom stereocenters. The molecule has 0 aromatic heterocycles. The normalized spacial score (nSPS) is 33.3. The first-order valence-electron chi connectivity index (χ1n) is 5.79. The summed E-state index contributed by atoms with van der Waals surface area (Å²) in [5, 5.41) is 0. The minimum absolute atomic E-state index is 0.0220. The van der Waals surface area contributed by atoms with Crippen molar-refractivity contribution in [2.24, 2.45) is 16.1 Å². The molecule has 0 heterocycles. The van der Waals surface area contributed by atoms with Crippen LogP contribution in [0.3, 0.4) is 0 Å². The van der Waals surface area contributed by atoms with E-state index >= 15 is 0 Å². The minimum Gasteiger partial charge on any atom is -0.399 e. The van der Waals surface area contributed by atoms with Crippen LogP contribution in [0.4, 0.5) is 0 Å². The fourth-order valence-corrected chi connectivity index (χ4v) is 2.80. The zero-order valence-corrected chi connectivity index (χ0v) is 10.6. The molecule has 2 N–H and O–H groups in total. The lowest BCUT2D eigenvalue weighted by atomic mass is 9.55. The summed E-state index contributed by atoms with van der Waals surface area (Å²) >= 11 is 0. The molecule has 0 saturated carbocycles. The summed E-state index contributed by atoms with van der Waals surface area (Å²) in [4.78, 5) is 4.35. The smallest absolute Gasteiger partial charge is 0.0905 e. The van der Waals surface area contributed by atoms with Crippen LogP contribution in [0.15, 0.2) is 41.1 Å². The standard InChI is InChI=1S/C14H22N2/c1-6-13(11(3)10-12(4)15)8-9-14(13,7-2)16-5/h8-10H,4-7,15H2,1-3H3/b11-10+. The van der Waals surface area contributed by atoms with Crippen molar-refractivity contribution in [1.82, 2.24) is 0 Å². The third-order valence-corrected chi connectivity index (χ3v) is 3.90. The van der Waals surface area contributed by atoms with Crippen molar-refractivity contribution in [1.29, 1.82) is 0 Å². The molecule has 88 valence electrons. The number of hydrogen-bond acceptors (Lipinski definition) is 2. The average molecular weight is 218 g/mol. The summed E-state index contributed by atoms with van der Waals surface area (Å²) in [5.41, 5.74) is 7.30. The Morgan fingerprint density at radius 2 is 2.00 bits per heavy atom. The lowest BCUT2D eigenvalue weighted by Gasteiger charge is -2.52. The molecule has 0 bridgehead atoms. The number of nitrogens with two attached hydrogens (primary N) is 1. The first kappa shape index (κ1) is 12.8. The van der Waals surface area contributed by atoms with Crippen LogP contribution in [0.2, 0.25) is 0 Å². The fraction of sp³-hybridized carbons (Fsp3) is 0.500. The van der Waals surface area contributed by atoms with Gasteiger partial charge in [0.05, 0.1) is 5.54 Å². The molecule has 0 fully saturated rings. The second kappa shape index (κ2) is 4.28. The van der Waals surface area contributed by atoms with Gasteiger partial charge < -0.3 is 5.73 Å². The highest BCUT2D eigenvalue weighted by molar-refractivity contribution is 5.46. The van der Waals surface area contributed by atoms with Gasteiger partial charge in [0.15, 0.2) is 0 Å². The zero-order valence-electron chi connectivity index (χ0n) is 10.6. The largest absolute Gasteiger partial charge is 0.399 e. The molecule has 16 heavy (non-hydrogen) atoms. The number of hydrogen-bond donors (Lipinski definition) is 1. The number of nitrogens with zero attached hydrogens (tertiary/aromatic N) is 1. The molecule has 0 aliphatic heterocycles. The van der Waals surface area contributed by atoms with Crippen molar-refractivity contribution in [2.75, 3.05) is 0 Å². The molecule has 1 aliphatic rings. The monoisotopic (exact) mass is 218 g/mol. The molecule has 0 aromatic rings. The van der Waals surface area contributed by atoms with Gasteiger partial charge in [-0.05, 0) is 32.6 Å². The van der Waals surface area contributed by atoms with E-state index in [4.69, 9.17) is 5.73 Å². The summed E-state index contributed by atoms with van der Waals surface area (Å²) in [5.74, 6) is 0. The molecular weight excluding hydrogens is 196 g/mol. The summed E-state index contributed by atoms with van der Waals surface area (Å²) in [7, 11) is 0. The van der Waals surface area contributed by atoms with Crippen LogP contribution in [0.5, 0.6) is 0 Å². The third-order valence-electron chi connectivity index (χ3n) is 3.90. The van der Waals surface area contributed by atoms with Gasteiger partial charge in [-0.2, -0.15) is 0 Å². The van der Waals surface area contributed by atoms with Crippen molar-refractivity contribution in [2.45, 2.75) is 39.2 Å². The van der Waals surface area contributed by atoms with E-state index < -0.39 is 0 Å². The highest BCUT2D eigenvalue weighted by Crippen LogP contribution is 2.54. The van der Waals surface area contributed by atoms with Crippen molar-refractivity contribution in [3.63, 3.8) is 0 Å². The zero-order chi connectivity index (χ0) is 12.4. The van der Waals surface area contributed by atoms with Crippen molar-refractivity contribution < 1.29 is 0 Å². The summed E-state index contributed by atoms with van der Waals surface area (Å²) < 4.78 is 0. The van der Waals surface area contributed by atoms with E-state index in [0.29, 0.717) is 5.70 Å². The minimum atomic E-state index is -0.155. The molecule has 1 rings (SSSR count). The van der Waals surface area contributed by atoms with E-state index in [0.717, 1.165) is 12.8 Å². The van der Waals surface area contributed by atoms with Crippen LogP contribution in [-0.2, 0) is 0 Å². The fourth-order valence-electron chi connectivity index (χ4n) is 2.80. The van der Waals surface area contributed by atoms with Gasteiger partial charge >= 0.3 is 0 Å². The second-order valence-electron chi connectivity index (χ2n) is 4.50.